The zero-order valence-corrected chi connectivity index (χ0v) is 23.2. The summed E-state index contributed by atoms with van der Waals surface area (Å²) < 4.78 is 37.8. The first-order valence-electron chi connectivity index (χ1n) is 13.3. The molecule has 0 aliphatic carbocycles. The van der Waals surface area contributed by atoms with Crippen LogP contribution < -0.4 is 27.8 Å². The number of halogens is 3. The van der Waals surface area contributed by atoms with Crippen molar-refractivity contribution >= 4 is 28.4 Å². The first kappa shape index (κ1) is 33.0. The Kier molecular flexibility index (Phi) is 11.6. The fourth-order valence-electron chi connectivity index (χ4n) is 3.93. The highest BCUT2D eigenvalue weighted by Crippen LogP contribution is 2.34. The lowest BCUT2D eigenvalue weighted by Gasteiger charge is -2.13. The lowest BCUT2D eigenvalue weighted by Crippen LogP contribution is -2.22. The molecule has 230 valence electrons. The molecule has 0 amide bonds. The molecule has 4 aromatic carbocycles. The third kappa shape index (κ3) is 9.79. The van der Waals surface area contributed by atoms with Gasteiger partial charge >= 0.3 is 6.18 Å². The summed E-state index contributed by atoms with van der Waals surface area (Å²) in [4.78, 5) is 0. The molecule has 9 nitrogen and oxygen atoms in total. The number of anilines is 5. The van der Waals surface area contributed by atoms with E-state index in [4.69, 9.17) is 27.4 Å². The molecule has 4 aromatic rings. The van der Waals surface area contributed by atoms with Crippen LogP contribution in [0.1, 0.15) is 5.56 Å². The van der Waals surface area contributed by atoms with Crippen molar-refractivity contribution in [1.82, 2.24) is 0 Å². The number of nitrogens with two attached hydrogens (primary N) is 3. The summed E-state index contributed by atoms with van der Waals surface area (Å²) >= 11 is 0. The zero-order chi connectivity index (χ0) is 31.6. The number of hydrogen-bond donors (Lipinski definition) is 9. The summed E-state index contributed by atoms with van der Waals surface area (Å²) in [6.07, 6.45) is -6.07. The summed E-state index contributed by atoms with van der Waals surface area (Å²) in [6.45, 7) is -0.213. The molecule has 0 spiro atoms. The standard InChI is InChI=1S/C16H17F3N2O2.C15H19N3O2/c17-16(18,19)11-3-1-10(2-4-11)14-7-12(5-6-15(14)20)21-8-13(23)9-22;16-11-3-1-10(2-4-11)14-7-12(5-6-15(14)17)18-8-13(20)9-19/h1-7,13,21-23H,8-9,20H2;1-7,13,18-20H,8-9,16-17H2. The van der Waals surface area contributed by atoms with Crippen molar-refractivity contribution in [2.24, 2.45) is 0 Å². The van der Waals surface area contributed by atoms with Crippen molar-refractivity contribution in [2.75, 3.05) is 54.1 Å². The van der Waals surface area contributed by atoms with Gasteiger partial charge in [-0.25, -0.2) is 0 Å². The molecular formula is C31H36F3N5O4. The maximum absolute atomic E-state index is 12.6. The molecule has 0 bridgehead atoms. The van der Waals surface area contributed by atoms with E-state index in [1.54, 1.807) is 24.3 Å². The van der Waals surface area contributed by atoms with E-state index < -0.39 is 23.9 Å². The van der Waals surface area contributed by atoms with E-state index in [0.29, 0.717) is 33.9 Å². The van der Waals surface area contributed by atoms with Gasteiger partial charge in [-0.2, -0.15) is 13.2 Å². The first-order chi connectivity index (χ1) is 20.4. The Labute approximate surface area is 247 Å². The van der Waals surface area contributed by atoms with E-state index in [0.717, 1.165) is 28.9 Å². The third-order valence-corrected chi connectivity index (χ3v) is 6.36. The monoisotopic (exact) mass is 599 g/mol. The maximum atomic E-state index is 12.6. The molecule has 2 unspecified atom stereocenters. The normalized spacial score (nSPS) is 12.5. The Morgan fingerprint density at radius 1 is 0.605 bits per heavy atom. The van der Waals surface area contributed by atoms with Crippen LogP contribution >= 0.6 is 0 Å². The van der Waals surface area contributed by atoms with Crippen molar-refractivity contribution in [3.8, 4) is 22.3 Å². The SMILES string of the molecule is Nc1ccc(-c2cc(NCC(O)CO)ccc2N)cc1.Nc1ccc(NCC(O)CO)cc1-c1ccc(C(F)(F)F)cc1. The van der Waals surface area contributed by atoms with Gasteiger partial charge < -0.3 is 48.3 Å². The third-order valence-electron chi connectivity index (χ3n) is 6.36. The summed E-state index contributed by atoms with van der Waals surface area (Å²) in [5.41, 5.74) is 23.1. The molecule has 0 aliphatic heterocycles. The Morgan fingerprint density at radius 2 is 1.00 bits per heavy atom. The maximum Gasteiger partial charge on any atom is 0.416 e. The van der Waals surface area contributed by atoms with Gasteiger partial charge in [0, 0.05) is 52.7 Å². The van der Waals surface area contributed by atoms with Crippen LogP contribution in [0.15, 0.2) is 84.9 Å². The number of nitrogens with one attached hydrogen (secondary N) is 2. The molecule has 2 atom stereocenters. The lowest BCUT2D eigenvalue weighted by molar-refractivity contribution is -0.137. The highest BCUT2D eigenvalue weighted by Gasteiger charge is 2.30. The number of hydrogen-bond acceptors (Lipinski definition) is 9. The van der Waals surface area contributed by atoms with Crippen LogP contribution in [0.3, 0.4) is 0 Å². The van der Waals surface area contributed by atoms with Crippen LogP contribution in [0.2, 0.25) is 0 Å². The quantitative estimate of drug-likeness (QED) is 0.122. The van der Waals surface area contributed by atoms with Gasteiger partial charge in [0.1, 0.15) is 0 Å². The van der Waals surface area contributed by atoms with E-state index >= 15 is 0 Å². The van der Waals surface area contributed by atoms with Gasteiger partial charge in [0.05, 0.1) is 31.0 Å². The van der Waals surface area contributed by atoms with E-state index in [1.165, 1.54) is 12.1 Å². The van der Waals surface area contributed by atoms with Gasteiger partial charge in [-0.05, 0) is 71.8 Å². The smallest absolute Gasteiger partial charge is 0.399 e. The second-order valence-electron chi connectivity index (χ2n) is 9.74. The van der Waals surface area contributed by atoms with Crippen molar-refractivity contribution in [3.05, 3.63) is 90.5 Å². The minimum atomic E-state index is -4.38. The molecule has 0 saturated carbocycles. The van der Waals surface area contributed by atoms with Crippen molar-refractivity contribution in [3.63, 3.8) is 0 Å². The number of benzene rings is 4. The molecule has 0 aliphatic rings. The van der Waals surface area contributed by atoms with E-state index in [2.05, 4.69) is 10.6 Å². The molecule has 4 rings (SSSR count). The number of alkyl halides is 3. The van der Waals surface area contributed by atoms with Crippen LogP contribution in [-0.2, 0) is 6.18 Å². The molecular weight excluding hydrogens is 563 g/mol. The van der Waals surface area contributed by atoms with Crippen LogP contribution in [-0.4, -0.2) is 58.9 Å². The van der Waals surface area contributed by atoms with E-state index in [1.807, 2.05) is 36.4 Å². The fourth-order valence-corrected chi connectivity index (χ4v) is 3.93. The number of nitrogen functional groups attached to an aromatic ring is 3. The predicted octanol–water partition coefficient (Wildman–Crippen LogP) is 4.00. The van der Waals surface area contributed by atoms with Gasteiger partial charge in [0.25, 0.3) is 0 Å². The molecule has 0 saturated heterocycles. The zero-order valence-electron chi connectivity index (χ0n) is 23.2. The van der Waals surface area contributed by atoms with E-state index in [-0.39, 0.29) is 26.3 Å². The van der Waals surface area contributed by atoms with Crippen molar-refractivity contribution in [2.45, 2.75) is 18.4 Å². The average molecular weight is 600 g/mol. The Morgan fingerprint density at radius 3 is 1.37 bits per heavy atom. The minimum Gasteiger partial charge on any atom is -0.399 e. The largest absolute Gasteiger partial charge is 0.416 e. The Hall–Kier alpha value is -4.49. The second-order valence-corrected chi connectivity index (χ2v) is 9.74. The molecule has 0 radical (unpaired) electrons. The average Bonchev–Trinajstić information content (AvgIpc) is 3.00. The predicted molar refractivity (Wildman–Crippen MR) is 165 cm³/mol. The number of aliphatic hydroxyl groups is 4. The highest BCUT2D eigenvalue weighted by molar-refractivity contribution is 5.81. The van der Waals surface area contributed by atoms with Crippen molar-refractivity contribution in [1.29, 1.82) is 0 Å². The summed E-state index contributed by atoms with van der Waals surface area (Å²) in [5.74, 6) is 0. The van der Waals surface area contributed by atoms with Gasteiger partial charge in [-0.15, -0.1) is 0 Å². The molecule has 0 fully saturated rings. The lowest BCUT2D eigenvalue weighted by atomic mass is 10.0. The van der Waals surface area contributed by atoms with Gasteiger partial charge in [-0.3, -0.25) is 0 Å². The van der Waals surface area contributed by atoms with E-state index in [9.17, 15) is 23.4 Å². The Balaban J connectivity index is 0.000000238. The molecule has 0 heterocycles. The van der Waals surface area contributed by atoms with Crippen LogP contribution in [0.5, 0.6) is 0 Å². The van der Waals surface area contributed by atoms with Gasteiger partial charge in [-0.1, -0.05) is 24.3 Å². The molecule has 43 heavy (non-hydrogen) atoms. The molecule has 12 N–H and O–H groups in total. The molecule has 12 heteroatoms. The first-order valence-corrected chi connectivity index (χ1v) is 13.3. The minimum absolute atomic E-state index is 0.146. The summed E-state index contributed by atoms with van der Waals surface area (Å²) in [7, 11) is 0. The number of rotatable bonds is 10. The fraction of sp³-hybridized carbons (Fsp3) is 0.226. The highest BCUT2D eigenvalue weighted by atomic mass is 19.4. The van der Waals surface area contributed by atoms with Crippen LogP contribution in [0.4, 0.5) is 41.6 Å². The topological polar surface area (TPSA) is 183 Å². The van der Waals surface area contributed by atoms with Crippen LogP contribution in [0.25, 0.3) is 22.3 Å². The number of aliphatic hydroxyl groups excluding tert-OH is 4. The second kappa shape index (κ2) is 15.1. The van der Waals surface area contributed by atoms with Crippen LogP contribution in [0, 0.1) is 0 Å². The van der Waals surface area contributed by atoms with Gasteiger partial charge in [0.15, 0.2) is 0 Å². The Bertz CT molecular complexity index is 1450. The van der Waals surface area contributed by atoms with Crippen molar-refractivity contribution < 1.29 is 33.6 Å². The van der Waals surface area contributed by atoms with Gasteiger partial charge in [0.2, 0.25) is 0 Å². The molecule has 0 aromatic heterocycles. The summed E-state index contributed by atoms with van der Waals surface area (Å²) in [5, 5.41) is 42.2. The summed E-state index contributed by atoms with van der Waals surface area (Å²) in [6, 6.07) is 22.7.